The van der Waals surface area contributed by atoms with Crippen LogP contribution < -0.4 is 0 Å². The fourth-order valence-electron chi connectivity index (χ4n) is 1.09. The van der Waals surface area contributed by atoms with Crippen LogP contribution in [0.4, 0.5) is 0 Å². The molecule has 0 aromatic heterocycles. The Morgan fingerprint density at radius 2 is 1.86 bits per heavy atom. The second kappa shape index (κ2) is 5.89. The summed E-state index contributed by atoms with van der Waals surface area (Å²) in [6, 6.07) is 6.06. The maximum Gasteiger partial charge on any atom is 0.310 e. The first-order chi connectivity index (χ1) is 6.61. The molecule has 0 aliphatic heterocycles. The summed E-state index contributed by atoms with van der Waals surface area (Å²) in [6.45, 7) is 2.26. The van der Waals surface area contributed by atoms with E-state index in [9.17, 15) is 4.79 Å². The van der Waals surface area contributed by atoms with E-state index in [1.807, 2.05) is 19.1 Å². The lowest BCUT2D eigenvalue weighted by molar-refractivity contribution is -0.142. The number of carbonyl (C=O) groups is 1. The highest BCUT2D eigenvalue weighted by molar-refractivity contribution is 14.1. The number of carbonyl (C=O) groups excluding carboxylic acids is 1. The lowest BCUT2D eigenvalue weighted by atomic mass is 10.2. The molecular formula is C10H10I2O2. The van der Waals surface area contributed by atoms with Crippen molar-refractivity contribution in [1.29, 1.82) is 0 Å². The maximum atomic E-state index is 11.2. The summed E-state index contributed by atoms with van der Waals surface area (Å²) in [5.41, 5.74) is 1.01. The van der Waals surface area contributed by atoms with Gasteiger partial charge in [-0.3, -0.25) is 4.79 Å². The van der Waals surface area contributed by atoms with Crippen LogP contribution in [0, 0.1) is 7.14 Å². The Kier molecular flexibility index (Phi) is 5.14. The maximum absolute atomic E-state index is 11.2. The van der Waals surface area contributed by atoms with Gasteiger partial charge in [-0.1, -0.05) is 0 Å². The van der Waals surface area contributed by atoms with E-state index in [0.717, 1.165) is 12.7 Å². The van der Waals surface area contributed by atoms with Crippen LogP contribution in [0.15, 0.2) is 18.2 Å². The molecule has 0 spiro atoms. The first-order valence-corrected chi connectivity index (χ1v) is 6.38. The minimum absolute atomic E-state index is 0.162. The van der Waals surface area contributed by atoms with E-state index in [4.69, 9.17) is 4.74 Å². The average molecular weight is 416 g/mol. The number of rotatable bonds is 3. The van der Waals surface area contributed by atoms with Crippen molar-refractivity contribution in [2.45, 2.75) is 13.3 Å². The van der Waals surface area contributed by atoms with Crippen molar-refractivity contribution in [3.8, 4) is 0 Å². The zero-order valence-corrected chi connectivity index (χ0v) is 12.0. The highest BCUT2D eigenvalue weighted by atomic mass is 127. The topological polar surface area (TPSA) is 26.3 Å². The summed E-state index contributed by atoms with van der Waals surface area (Å²) in [4.78, 5) is 11.2. The molecule has 1 rings (SSSR count). The third kappa shape index (κ3) is 4.12. The van der Waals surface area contributed by atoms with Gasteiger partial charge in [0.15, 0.2) is 0 Å². The van der Waals surface area contributed by atoms with Gasteiger partial charge in [0.1, 0.15) is 0 Å². The summed E-state index contributed by atoms with van der Waals surface area (Å²) in [6.07, 6.45) is 0.362. The van der Waals surface area contributed by atoms with Gasteiger partial charge in [0.05, 0.1) is 13.0 Å². The van der Waals surface area contributed by atoms with Crippen LogP contribution in [0.25, 0.3) is 0 Å². The predicted octanol–water partition coefficient (Wildman–Crippen LogP) is 3.00. The molecule has 2 nitrogen and oxygen atoms in total. The van der Waals surface area contributed by atoms with Crippen molar-refractivity contribution >= 4 is 51.2 Å². The second-order valence-corrected chi connectivity index (χ2v) is 5.25. The lowest BCUT2D eigenvalue weighted by Gasteiger charge is -2.03. The number of halogens is 2. The molecule has 0 aliphatic rings. The van der Waals surface area contributed by atoms with E-state index in [2.05, 4.69) is 51.2 Å². The molecule has 14 heavy (non-hydrogen) atoms. The Morgan fingerprint density at radius 3 is 2.36 bits per heavy atom. The normalized spacial score (nSPS) is 9.93. The molecule has 0 N–H and O–H groups in total. The predicted molar refractivity (Wildman–Crippen MR) is 72.2 cm³/mol. The highest BCUT2D eigenvalue weighted by Crippen LogP contribution is 2.15. The third-order valence-electron chi connectivity index (χ3n) is 1.58. The van der Waals surface area contributed by atoms with Crippen LogP contribution in [-0.2, 0) is 16.0 Å². The van der Waals surface area contributed by atoms with E-state index < -0.39 is 0 Å². The van der Waals surface area contributed by atoms with Gasteiger partial charge in [0.2, 0.25) is 0 Å². The summed E-state index contributed by atoms with van der Waals surface area (Å²) in [5, 5.41) is 0. The Labute approximate surface area is 111 Å². The number of hydrogen-bond acceptors (Lipinski definition) is 2. The summed E-state index contributed by atoms with van der Waals surface area (Å²) >= 11 is 4.48. The standard InChI is InChI=1S/C10H10I2O2/c1-2-14-10(13)5-7-3-8(11)6-9(12)4-7/h3-4,6H,2,5H2,1H3. The molecular weight excluding hydrogens is 406 g/mol. The molecule has 4 heteroatoms. The monoisotopic (exact) mass is 416 g/mol. The third-order valence-corrected chi connectivity index (χ3v) is 2.82. The molecule has 1 aromatic rings. The quantitative estimate of drug-likeness (QED) is 0.560. The molecule has 0 bridgehead atoms. The van der Waals surface area contributed by atoms with Gasteiger partial charge >= 0.3 is 5.97 Å². The van der Waals surface area contributed by atoms with Crippen LogP contribution in [0.3, 0.4) is 0 Å². The zero-order chi connectivity index (χ0) is 10.6. The molecule has 0 unspecified atom stereocenters. The largest absolute Gasteiger partial charge is 0.466 e. The van der Waals surface area contributed by atoms with Crippen molar-refractivity contribution in [3.63, 3.8) is 0 Å². The first-order valence-electron chi connectivity index (χ1n) is 4.22. The highest BCUT2D eigenvalue weighted by Gasteiger charge is 2.05. The number of hydrogen-bond donors (Lipinski definition) is 0. The molecule has 0 radical (unpaired) electrons. The van der Waals surface area contributed by atoms with Crippen LogP contribution in [0.1, 0.15) is 12.5 Å². The van der Waals surface area contributed by atoms with Crippen molar-refractivity contribution in [2.75, 3.05) is 6.61 Å². The number of benzene rings is 1. The van der Waals surface area contributed by atoms with E-state index >= 15 is 0 Å². The van der Waals surface area contributed by atoms with Gasteiger partial charge in [0.25, 0.3) is 0 Å². The molecule has 0 saturated carbocycles. The average Bonchev–Trinajstić information content (AvgIpc) is 2.01. The van der Waals surface area contributed by atoms with Crippen molar-refractivity contribution in [1.82, 2.24) is 0 Å². The van der Waals surface area contributed by atoms with Gasteiger partial charge in [0, 0.05) is 7.14 Å². The fraction of sp³-hybridized carbons (Fsp3) is 0.300. The SMILES string of the molecule is CCOC(=O)Cc1cc(I)cc(I)c1. The minimum Gasteiger partial charge on any atom is -0.466 e. The molecule has 0 aliphatic carbocycles. The van der Waals surface area contributed by atoms with E-state index in [0.29, 0.717) is 13.0 Å². The van der Waals surface area contributed by atoms with Gasteiger partial charge in [-0.05, 0) is 75.9 Å². The summed E-state index contributed by atoms with van der Waals surface area (Å²) in [5.74, 6) is -0.162. The molecule has 0 saturated heterocycles. The number of esters is 1. The van der Waals surface area contributed by atoms with Crippen molar-refractivity contribution < 1.29 is 9.53 Å². The zero-order valence-electron chi connectivity index (χ0n) is 7.72. The van der Waals surface area contributed by atoms with E-state index in [1.54, 1.807) is 0 Å². The number of ether oxygens (including phenoxy) is 1. The Bertz CT molecular complexity index is 317. The van der Waals surface area contributed by atoms with E-state index in [1.165, 1.54) is 0 Å². The Hall–Kier alpha value is 0.150. The minimum atomic E-state index is -0.162. The van der Waals surface area contributed by atoms with Crippen LogP contribution in [-0.4, -0.2) is 12.6 Å². The molecule has 0 amide bonds. The molecule has 0 atom stereocenters. The van der Waals surface area contributed by atoms with Crippen LogP contribution in [0.2, 0.25) is 0 Å². The summed E-state index contributed by atoms with van der Waals surface area (Å²) in [7, 11) is 0. The van der Waals surface area contributed by atoms with Crippen molar-refractivity contribution in [2.24, 2.45) is 0 Å². The van der Waals surface area contributed by atoms with Gasteiger partial charge in [-0.15, -0.1) is 0 Å². The smallest absolute Gasteiger partial charge is 0.310 e. The van der Waals surface area contributed by atoms with E-state index in [-0.39, 0.29) is 5.97 Å². The van der Waals surface area contributed by atoms with Crippen molar-refractivity contribution in [3.05, 3.63) is 30.9 Å². The molecule has 0 fully saturated rings. The van der Waals surface area contributed by atoms with Gasteiger partial charge in [-0.2, -0.15) is 0 Å². The Morgan fingerprint density at radius 1 is 1.29 bits per heavy atom. The van der Waals surface area contributed by atoms with Gasteiger partial charge in [-0.25, -0.2) is 0 Å². The summed E-state index contributed by atoms with van der Waals surface area (Å²) < 4.78 is 7.18. The molecule has 1 aromatic carbocycles. The van der Waals surface area contributed by atoms with Crippen LogP contribution in [0.5, 0.6) is 0 Å². The lowest BCUT2D eigenvalue weighted by Crippen LogP contribution is -2.07. The second-order valence-electron chi connectivity index (χ2n) is 2.76. The molecule has 0 heterocycles. The van der Waals surface area contributed by atoms with Crippen LogP contribution >= 0.6 is 45.2 Å². The van der Waals surface area contributed by atoms with Gasteiger partial charge < -0.3 is 4.74 Å². The first kappa shape index (κ1) is 12.2. The molecule has 76 valence electrons. The Balaban J connectivity index is 2.71. The fourth-order valence-corrected chi connectivity index (χ4v) is 3.16.